The highest BCUT2D eigenvalue weighted by Crippen LogP contribution is 2.36. The molecule has 43 heavy (non-hydrogen) atoms. The van der Waals surface area contributed by atoms with Crippen molar-refractivity contribution in [3.05, 3.63) is 114 Å². The Labute approximate surface area is 254 Å². The lowest BCUT2D eigenvalue weighted by molar-refractivity contribution is 0.0697. The number of hydrogen-bond donors (Lipinski definition) is 1. The third-order valence-electron chi connectivity index (χ3n) is 8.67. The molecule has 0 unspecified atom stereocenters. The van der Waals surface area contributed by atoms with Crippen molar-refractivity contribution in [2.24, 2.45) is 0 Å². The van der Waals surface area contributed by atoms with E-state index in [1.807, 2.05) is 24.5 Å². The van der Waals surface area contributed by atoms with Gasteiger partial charge in [-0.1, -0.05) is 88.6 Å². The highest BCUT2D eigenvalue weighted by molar-refractivity contribution is 5.93. The number of imidazole rings is 1. The second kappa shape index (κ2) is 12.0. The summed E-state index contributed by atoms with van der Waals surface area (Å²) in [5.41, 5.74) is 8.07. The minimum absolute atomic E-state index is 0.124. The van der Waals surface area contributed by atoms with Crippen molar-refractivity contribution in [2.75, 3.05) is 4.90 Å². The summed E-state index contributed by atoms with van der Waals surface area (Å²) in [6, 6.07) is 27.4. The van der Waals surface area contributed by atoms with Gasteiger partial charge in [0.2, 0.25) is 0 Å². The average Bonchev–Trinajstić information content (AvgIpc) is 3.41. The van der Waals surface area contributed by atoms with Crippen LogP contribution in [-0.4, -0.2) is 25.6 Å². The lowest BCUT2D eigenvalue weighted by Crippen LogP contribution is -2.22. The molecule has 0 amide bonds. The summed E-state index contributed by atoms with van der Waals surface area (Å²) in [4.78, 5) is 23.4. The summed E-state index contributed by atoms with van der Waals surface area (Å²) in [5, 5.41) is 9.57. The van der Waals surface area contributed by atoms with Crippen LogP contribution in [0.3, 0.4) is 0 Å². The number of pyridine rings is 1. The zero-order valence-electron chi connectivity index (χ0n) is 25.3. The molecule has 220 valence electrons. The minimum Gasteiger partial charge on any atom is -0.478 e. The first-order chi connectivity index (χ1) is 20.8. The van der Waals surface area contributed by atoms with Gasteiger partial charge in [0.15, 0.2) is 0 Å². The Bertz CT molecular complexity index is 1690. The summed E-state index contributed by atoms with van der Waals surface area (Å²) in [6.45, 7) is 8.25. The van der Waals surface area contributed by atoms with Crippen molar-refractivity contribution in [1.82, 2.24) is 14.5 Å². The van der Waals surface area contributed by atoms with Gasteiger partial charge in [-0.15, -0.1) is 0 Å². The van der Waals surface area contributed by atoms with Crippen molar-refractivity contribution >= 4 is 22.7 Å². The number of aromatic nitrogens is 3. The molecule has 1 saturated carbocycles. The van der Waals surface area contributed by atoms with E-state index in [9.17, 15) is 9.90 Å². The third kappa shape index (κ3) is 6.34. The Hall–Kier alpha value is -4.45. The van der Waals surface area contributed by atoms with Gasteiger partial charge in [0.05, 0.1) is 28.5 Å². The van der Waals surface area contributed by atoms with Crippen molar-refractivity contribution in [2.45, 2.75) is 77.4 Å². The summed E-state index contributed by atoms with van der Waals surface area (Å²) in [5.74, 6) is -0.0117. The second-order valence-corrected chi connectivity index (χ2v) is 12.8. The number of hydrogen-bond acceptors (Lipinski definition) is 4. The van der Waals surface area contributed by atoms with E-state index in [0.717, 1.165) is 54.0 Å². The van der Waals surface area contributed by atoms with Crippen LogP contribution in [0.15, 0.2) is 91.3 Å². The van der Waals surface area contributed by atoms with Crippen molar-refractivity contribution < 1.29 is 9.90 Å². The van der Waals surface area contributed by atoms with Gasteiger partial charge in [-0.05, 0) is 65.3 Å². The molecule has 1 fully saturated rings. The van der Waals surface area contributed by atoms with E-state index in [4.69, 9.17) is 4.98 Å². The van der Waals surface area contributed by atoms with Crippen LogP contribution < -0.4 is 4.90 Å². The van der Waals surface area contributed by atoms with E-state index < -0.39 is 5.97 Å². The Morgan fingerprint density at radius 2 is 1.58 bits per heavy atom. The van der Waals surface area contributed by atoms with Crippen LogP contribution in [0.25, 0.3) is 22.4 Å². The molecule has 1 aliphatic carbocycles. The molecule has 1 aliphatic rings. The smallest absolute Gasteiger partial charge is 0.335 e. The van der Waals surface area contributed by atoms with Crippen LogP contribution in [0, 0.1) is 0 Å². The monoisotopic (exact) mass is 572 g/mol. The Morgan fingerprint density at radius 3 is 2.19 bits per heavy atom. The van der Waals surface area contributed by atoms with Crippen molar-refractivity contribution in [3.8, 4) is 11.4 Å². The van der Waals surface area contributed by atoms with Gasteiger partial charge in [0.25, 0.3) is 0 Å². The molecule has 2 aromatic heterocycles. The highest BCUT2D eigenvalue weighted by atomic mass is 16.4. The lowest BCUT2D eigenvalue weighted by atomic mass is 9.87. The van der Waals surface area contributed by atoms with Gasteiger partial charge in [-0.25, -0.2) is 9.78 Å². The van der Waals surface area contributed by atoms with Crippen LogP contribution in [-0.2, 0) is 18.5 Å². The zero-order chi connectivity index (χ0) is 30.0. The normalized spacial score (nSPS) is 14.2. The molecule has 6 nitrogen and oxygen atoms in total. The SMILES string of the molecule is CC(C)(C)c1ccc(CN(Cc2ccc(-c3nc4cc(C(=O)O)ccc4n3C3CCCCC3)cc2)c2cccnc2)cc1. The van der Waals surface area contributed by atoms with E-state index in [1.165, 1.54) is 36.0 Å². The molecule has 0 spiro atoms. The fourth-order valence-electron chi connectivity index (χ4n) is 6.23. The zero-order valence-corrected chi connectivity index (χ0v) is 25.3. The third-order valence-corrected chi connectivity index (χ3v) is 8.67. The minimum atomic E-state index is -0.927. The molecule has 0 aliphatic heterocycles. The Morgan fingerprint density at radius 1 is 0.907 bits per heavy atom. The molecule has 2 heterocycles. The van der Waals surface area contributed by atoms with E-state index in [-0.39, 0.29) is 11.0 Å². The lowest BCUT2D eigenvalue weighted by Gasteiger charge is -2.26. The standard InChI is InChI=1S/C37H40N4O2/c1-37(2,3)30-18-13-27(14-19-30)25-40(32-10-7-21-38-23-32)24-26-11-15-28(16-12-26)35-39-33-22-29(36(42)43)17-20-34(33)41(35)31-8-5-4-6-9-31/h7,10-23,31H,4-6,8-9,24-25H2,1-3H3,(H,42,43). The summed E-state index contributed by atoms with van der Waals surface area (Å²) in [7, 11) is 0. The molecule has 6 heteroatoms. The molecular formula is C37H40N4O2. The number of anilines is 1. The topological polar surface area (TPSA) is 71.2 Å². The van der Waals surface area contributed by atoms with Gasteiger partial charge < -0.3 is 14.6 Å². The van der Waals surface area contributed by atoms with Crippen LogP contribution in [0.2, 0.25) is 0 Å². The van der Waals surface area contributed by atoms with Gasteiger partial charge in [0.1, 0.15) is 5.82 Å². The molecule has 5 aromatic rings. The fraction of sp³-hybridized carbons (Fsp3) is 0.324. The second-order valence-electron chi connectivity index (χ2n) is 12.8. The Kier molecular flexibility index (Phi) is 8.02. The van der Waals surface area contributed by atoms with E-state index >= 15 is 0 Å². The molecule has 1 N–H and O–H groups in total. The van der Waals surface area contributed by atoms with Gasteiger partial charge >= 0.3 is 5.97 Å². The fourth-order valence-corrected chi connectivity index (χ4v) is 6.23. The van der Waals surface area contributed by atoms with Crippen molar-refractivity contribution in [1.29, 1.82) is 0 Å². The number of nitrogens with zero attached hydrogens (tertiary/aromatic N) is 4. The van der Waals surface area contributed by atoms with E-state index in [2.05, 4.69) is 89.8 Å². The number of benzene rings is 3. The van der Waals surface area contributed by atoms with E-state index in [0.29, 0.717) is 6.04 Å². The summed E-state index contributed by atoms with van der Waals surface area (Å²) in [6.07, 6.45) is 9.66. The first-order valence-corrected chi connectivity index (χ1v) is 15.4. The maximum atomic E-state index is 11.7. The number of carbonyl (C=O) groups is 1. The maximum absolute atomic E-state index is 11.7. The first kappa shape index (κ1) is 28.7. The van der Waals surface area contributed by atoms with Gasteiger partial charge in [-0.2, -0.15) is 0 Å². The summed E-state index contributed by atoms with van der Waals surface area (Å²) >= 11 is 0. The Balaban J connectivity index is 1.30. The predicted molar refractivity (Wildman–Crippen MR) is 174 cm³/mol. The highest BCUT2D eigenvalue weighted by Gasteiger charge is 2.23. The van der Waals surface area contributed by atoms with Gasteiger partial charge in [-0.3, -0.25) is 4.98 Å². The molecule has 6 rings (SSSR count). The number of fused-ring (bicyclic) bond motifs is 1. The molecule has 0 atom stereocenters. The predicted octanol–water partition coefficient (Wildman–Crippen LogP) is 8.81. The number of carboxylic acid groups (broad SMARTS) is 1. The molecule has 3 aromatic carbocycles. The van der Waals surface area contributed by atoms with Crippen LogP contribution in [0.4, 0.5) is 5.69 Å². The quantitative estimate of drug-likeness (QED) is 0.201. The van der Waals surface area contributed by atoms with Crippen LogP contribution in [0.1, 0.15) is 86.0 Å². The molecule has 0 bridgehead atoms. The van der Waals surface area contributed by atoms with Crippen LogP contribution >= 0.6 is 0 Å². The molecule has 0 saturated heterocycles. The van der Waals surface area contributed by atoms with Crippen LogP contribution in [0.5, 0.6) is 0 Å². The maximum Gasteiger partial charge on any atom is 0.335 e. The average molecular weight is 573 g/mol. The number of rotatable bonds is 8. The number of carboxylic acids is 1. The summed E-state index contributed by atoms with van der Waals surface area (Å²) < 4.78 is 2.36. The number of aromatic carboxylic acids is 1. The first-order valence-electron chi connectivity index (χ1n) is 15.4. The molecule has 0 radical (unpaired) electrons. The van der Waals surface area contributed by atoms with E-state index in [1.54, 1.807) is 12.1 Å². The largest absolute Gasteiger partial charge is 0.478 e. The van der Waals surface area contributed by atoms with Gasteiger partial charge in [0, 0.05) is 30.9 Å². The molecular weight excluding hydrogens is 532 g/mol. The van der Waals surface area contributed by atoms with Crippen molar-refractivity contribution in [3.63, 3.8) is 0 Å².